The largest absolute Gasteiger partial charge is 0.495 e. The van der Waals surface area contributed by atoms with Crippen LogP contribution in [0.5, 0.6) is 5.75 Å². The summed E-state index contributed by atoms with van der Waals surface area (Å²) in [5, 5.41) is 2.80. The van der Waals surface area contributed by atoms with Gasteiger partial charge in [0.25, 0.3) is 0 Å². The van der Waals surface area contributed by atoms with Gasteiger partial charge in [0.05, 0.1) is 49.8 Å². The topological polar surface area (TPSA) is 95.8 Å². The fourth-order valence-electron chi connectivity index (χ4n) is 2.89. The fourth-order valence-corrected chi connectivity index (χ4v) is 3.54. The highest BCUT2D eigenvalue weighted by molar-refractivity contribution is 7.84. The Bertz CT molecular complexity index is 915. The molecule has 1 aliphatic heterocycles. The third-order valence-electron chi connectivity index (χ3n) is 4.79. The minimum Gasteiger partial charge on any atom is -0.495 e. The van der Waals surface area contributed by atoms with Gasteiger partial charge in [0.2, 0.25) is 0 Å². The van der Waals surface area contributed by atoms with Crippen molar-refractivity contribution in [2.24, 2.45) is 9.98 Å². The normalized spacial score (nSPS) is 17.6. The molecule has 1 N–H and O–H groups in total. The molecule has 2 rings (SSSR count). The first kappa shape index (κ1) is 29.3. The second-order valence-corrected chi connectivity index (χ2v) is 9.01. The average Bonchev–Trinajstić information content (AvgIpc) is 2.83. The molecule has 1 aliphatic rings. The van der Waals surface area contributed by atoms with Crippen LogP contribution in [-0.4, -0.2) is 91.2 Å². The molecule has 0 bridgehead atoms. The SMILES string of the molecule is C/C=C(/CS(C)=O)N=C(N=CN1CCOC[C@@H]1C)c1ccc(NC(=O)N(C)C)c(OC)c1.CC. The molecule has 0 radical (unpaired) electrons. The summed E-state index contributed by atoms with van der Waals surface area (Å²) in [6.45, 7) is 9.96. The van der Waals surface area contributed by atoms with E-state index in [2.05, 4.69) is 27.1 Å². The Morgan fingerprint density at radius 3 is 2.65 bits per heavy atom. The zero-order valence-electron chi connectivity index (χ0n) is 21.6. The monoisotopic (exact) mass is 493 g/mol. The summed E-state index contributed by atoms with van der Waals surface area (Å²) in [4.78, 5) is 25.0. The third-order valence-corrected chi connectivity index (χ3v) is 5.49. The van der Waals surface area contributed by atoms with Crippen LogP contribution >= 0.6 is 0 Å². The lowest BCUT2D eigenvalue weighted by Gasteiger charge is -2.31. The van der Waals surface area contributed by atoms with Crippen molar-refractivity contribution in [3.63, 3.8) is 0 Å². The maximum Gasteiger partial charge on any atom is 0.321 e. The van der Waals surface area contributed by atoms with E-state index in [1.165, 1.54) is 12.0 Å². The van der Waals surface area contributed by atoms with E-state index in [0.717, 1.165) is 6.54 Å². The Morgan fingerprint density at radius 2 is 2.09 bits per heavy atom. The number of anilines is 1. The van der Waals surface area contributed by atoms with E-state index in [-0.39, 0.29) is 12.1 Å². The number of carbonyl (C=O) groups is 1. The van der Waals surface area contributed by atoms with E-state index in [9.17, 15) is 9.00 Å². The molecule has 0 aliphatic carbocycles. The number of ether oxygens (including phenoxy) is 2. The van der Waals surface area contributed by atoms with Gasteiger partial charge in [0.15, 0.2) is 5.84 Å². The minimum atomic E-state index is -1.03. The van der Waals surface area contributed by atoms with Gasteiger partial charge < -0.3 is 24.6 Å². The first-order chi connectivity index (χ1) is 16.2. The van der Waals surface area contributed by atoms with Gasteiger partial charge in [0, 0.05) is 43.3 Å². The Hall–Kier alpha value is -2.72. The van der Waals surface area contributed by atoms with E-state index in [0.29, 0.717) is 47.5 Å². The number of hydrogen-bond acceptors (Lipinski definition) is 5. The van der Waals surface area contributed by atoms with E-state index in [1.54, 1.807) is 38.8 Å². The van der Waals surface area contributed by atoms with Crippen molar-refractivity contribution in [3.8, 4) is 5.75 Å². The average molecular weight is 494 g/mol. The van der Waals surface area contributed by atoms with Gasteiger partial charge in [-0.25, -0.2) is 14.8 Å². The van der Waals surface area contributed by atoms with Gasteiger partial charge in [-0.15, -0.1) is 0 Å². The number of urea groups is 1. The molecular formula is C24H39N5O4S. The van der Waals surface area contributed by atoms with Crippen molar-refractivity contribution in [2.45, 2.75) is 33.7 Å². The van der Waals surface area contributed by atoms with Gasteiger partial charge in [-0.05, 0) is 32.0 Å². The van der Waals surface area contributed by atoms with Gasteiger partial charge in [-0.2, -0.15) is 0 Å². The molecule has 1 unspecified atom stereocenters. The van der Waals surface area contributed by atoms with E-state index < -0.39 is 10.8 Å². The van der Waals surface area contributed by atoms with Crippen LogP contribution in [0.2, 0.25) is 0 Å². The number of aliphatic imine (C=N–C) groups is 2. The quantitative estimate of drug-likeness (QED) is 0.463. The van der Waals surface area contributed by atoms with Crippen molar-refractivity contribution in [3.05, 3.63) is 35.5 Å². The molecule has 1 fully saturated rings. The van der Waals surface area contributed by atoms with Crippen LogP contribution in [0.1, 0.15) is 33.3 Å². The van der Waals surface area contributed by atoms with Gasteiger partial charge >= 0.3 is 6.03 Å². The molecule has 10 heteroatoms. The molecule has 0 aromatic heterocycles. The summed E-state index contributed by atoms with van der Waals surface area (Å²) >= 11 is 0. The lowest BCUT2D eigenvalue weighted by atomic mass is 10.1. The summed E-state index contributed by atoms with van der Waals surface area (Å²) in [5.74, 6) is 1.28. The summed E-state index contributed by atoms with van der Waals surface area (Å²) in [6.07, 6.45) is 5.25. The van der Waals surface area contributed by atoms with E-state index in [4.69, 9.17) is 9.47 Å². The lowest BCUT2D eigenvalue weighted by molar-refractivity contribution is 0.0356. The zero-order chi connectivity index (χ0) is 25.7. The molecular weight excluding hydrogens is 454 g/mol. The maximum atomic E-state index is 12.1. The van der Waals surface area contributed by atoms with Crippen LogP contribution < -0.4 is 10.1 Å². The molecule has 9 nitrogen and oxygen atoms in total. The summed E-state index contributed by atoms with van der Waals surface area (Å²) < 4.78 is 22.7. The number of morpholine rings is 1. The third kappa shape index (κ3) is 9.26. The number of amides is 2. The predicted molar refractivity (Wildman–Crippen MR) is 142 cm³/mol. The Morgan fingerprint density at radius 1 is 1.38 bits per heavy atom. The standard InChI is InChI=1S/C22H33N5O4S.C2H6/c1-7-18(14-32(6)29)24-21(23-15-27-10-11-31-13-16(27)2)17-8-9-19(20(12-17)30-5)25-22(28)26(3)4;1-2/h7-9,12,15-16H,10-11,13-14H2,1-6H3,(H,25,28);1-2H3/b18-7-,23-15?,24-21?;/t16-,32?;/m0./s1. The molecule has 1 heterocycles. The summed E-state index contributed by atoms with van der Waals surface area (Å²) in [5.41, 5.74) is 1.93. The van der Waals surface area contributed by atoms with Gasteiger partial charge in [0.1, 0.15) is 5.75 Å². The van der Waals surface area contributed by atoms with Crippen LogP contribution in [0.15, 0.2) is 40.0 Å². The molecule has 1 aromatic carbocycles. The highest BCUT2D eigenvalue weighted by atomic mass is 32.2. The highest BCUT2D eigenvalue weighted by Gasteiger charge is 2.17. The lowest BCUT2D eigenvalue weighted by Crippen LogP contribution is -2.42. The molecule has 0 spiro atoms. The second kappa shape index (κ2) is 15.2. The van der Waals surface area contributed by atoms with Gasteiger partial charge in [-0.3, -0.25) is 4.21 Å². The van der Waals surface area contributed by atoms with Crippen molar-refractivity contribution in [1.29, 1.82) is 0 Å². The molecule has 2 atom stereocenters. The van der Waals surface area contributed by atoms with Crippen LogP contribution in [0, 0.1) is 0 Å². The Balaban J connectivity index is 0.00000281. The second-order valence-electron chi connectivity index (χ2n) is 7.58. The first-order valence-electron chi connectivity index (χ1n) is 11.3. The predicted octanol–water partition coefficient (Wildman–Crippen LogP) is 3.59. The molecule has 1 saturated heterocycles. The number of hydrogen-bond donors (Lipinski definition) is 1. The van der Waals surface area contributed by atoms with Crippen LogP contribution in [0.25, 0.3) is 0 Å². The number of carbonyl (C=O) groups excluding carboxylic acids is 1. The molecule has 190 valence electrons. The molecule has 0 saturated carbocycles. The van der Waals surface area contributed by atoms with E-state index >= 15 is 0 Å². The van der Waals surface area contributed by atoms with Crippen LogP contribution in [0.3, 0.4) is 0 Å². The number of benzene rings is 1. The van der Waals surface area contributed by atoms with E-state index in [1.807, 2.05) is 32.9 Å². The van der Waals surface area contributed by atoms with Crippen LogP contribution in [-0.2, 0) is 15.5 Å². The number of rotatable bonds is 7. The summed E-state index contributed by atoms with van der Waals surface area (Å²) in [7, 11) is 3.84. The molecule has 1 aromatic rings. The number of amidine groups is 1. The summed E-state index contributed by atoms with van der Waals surface area (Å²) in [6, 6.07) is 5.30. The number of allylic oxidation sites excluding steroid dienone is 1. The molecule has 2 amide bonds. The number of nitrogens with one attached hydrogen (secondary N) is 1. The molecule has 34 heavy (non-hydrogen) atoms. The first-order valence-corrected chi connectivity index (χ1v) is 13.1. The highest BCUT2D eigenvalue weighted by Crippen LogP contribution is 2.27. The maximum absolute atomic E-state index is 12.1. The van der Waals surface area contributed by atoms with Crippen molar-refractivity contribution in [1.82, 2.24) is 9.80 Å². The van der Waals surface area contributed by atoms with Crippen molar-refractivity contribution < 1.29 is 18.5 Å². The Labute approximate surface area is 206 Å². The van der Waals surface area contributed by atoms with Crippen LogP contribution in [0.4, 0.5) is 10.5 Å². The van der Waals surface area contributed by atoms with Crippen molar-refractivity contribution in [2.75, 3.05) is 58.3 Å². The van der Waals surface area contributed by atoms with Crippen molar-refractivity contribution >= 4 is 34.7 Å². The zero-order valence-corrected chi connectivity index (χ0v) is 22.4. The minimum absolute atomic E-state index is 0.205. The number of nitrogens with zero attached hydrogens (tertiary/aromatic N) is 4. The fraction of sp³-hybridized carbons (Fsp3) is 0.542. The van der Waals surface area contributed by atoms with Gasteiger partial charge in [-0.1, -0.05) is 19.9 Å². The smallest absolute Gasteiger partial charge is 0.321 e. The number of methoxy groups -OCH3 is 1. The Kier molecular flexibility index (Phi) is 13.1.